The number of aromatic nitrogens is 2. The molecule has 1 aromatic heterocycles. The van der Waals surface area contributed by atoms with E-state index in [2.05, 4.69) is 15.5 Å². The number of benzene rings is 2. The first kappa shape index (κ1) is 14.0. The Balaban J connectivity index is 1.56. The van der Waals surface area contributed by atoms with E-state index in [0.29, 0.717) is 23.9 Å². The van der Waals surface area contributed by atoms with Crippen molar-refractivity contribution in [2.75, 3.05) is 5.32 Å². The highest BCUT2D eigenvalue weighted by Gasteiger charge is 2.20. The van der Waals surface area contributed by atoms with Gasteiger partial charge in [0, 0.05) is 11.1 Å². The van der Waals surface area contributed by atoms with Crippen molar-refractivity contribution in [2.24, 2.45) is 0 Å². The van der Waals surface area contributed by atoms with Crippen LogP contribution in [0.25, 0.3) is 10.6 Å². The molecule has 0 unspecified atom stereocenters. The molecule has 5 nitrogen and oxygen atoms in total. The SMILES string of the molecule is O=C(Nc1nnc(-c2ccccc2)s1)c1cccc2c1COC2. The lowest BCUT2D eigenvalue weighted by atomic mass is 10.0. The number of nitrogens with one attached hydrogen (secondary N) is 1. The van der Waals surface area contributed by atoms with Crippen molar-refractivity contribution in [3.8, 4) is 10.6 Å². The number of hydrogen-bond acceptors (Lipinski definition) is 5. The number of amides is 1. The maximum Gasteiger partial charge on any atom is 0.257 e. The van der Waals surface area contributed by atoms with Crippen molar-refractivity contribution in [1.82, 2.24) is 10.2 Å². The summed E-state index contributed by atoms with van der Waals surface area (Å²) in [7, 11) is 0. The summed E-state index contributed by atoms with van der Waals surface area (Å²) in [5.74, 6) is -0.178. The molecular formula is C17H13N3O2S. The van der Waals surface area contributed by atoms with Crippen LogP contribution in [0.15, 0.2) is 48.5 Å². The Morgan fingerprint density at radius 3 is 2.78 bits per heavy atom. The van der Waals surface area contributed by atoms with E-state index in [1.54, 1.807) is 0 Å². The molecule has 0 radical (unpaired) electrons. The number of hydrogen-bond donors (Lipinski definition) is 1. The highest BCUT2D eigenvalue weighted by atomic mass is 32.1. The molecule has 114 valence electrons. The molecule has 0 bridgehead atoms. The molecule has 2 aromatic carbocycles. The smallest absolute Gasteiger partial charge is 0.257 e. The van der Waals surface area contributed by atoms with Crippen LogP contribution in [-0.4, -0.2) is 16.1 Å². The van der Waals surface area contributed by atoms with Gasteiger partial charge in [-0.2, -0.15) is 0 Å². The number of anilines is 1. The molecule has 0 spiro atoms. The van der Waals surface area contributed by atoms with Crippen LogP contribution in [0.3, 0.4) is 0 Å². The number of nitrogens with zero attached hydrogens (tertiary/aromatic N) is 2. The molecule has 0 saturated heterocycles. The van der Waals surface area contributed by atoms with E-state index in [4.69, 9.17) is 4.74 Å². The van der Waals surface area contributed by atoms with Crippen LogP contribution >= 0.6 is 11.3 Å². The van der Waals surface area contributed by atoms with Crippen LogP contribution in [0.4, 0.5) is 5.13 Å². The lowest BCUT2D eigenvalue weighted by Crippen LogP contribution is -2.14. The second kappa shape index (κ2) is 5.91. The molecule has 0 saturated carbocycles. The average Bonchev–Trinajstić information content (AvgIpc) is 3.24. The van der Waals surface area contributed by atoms with E-state index in [9.17, 15) is 4.79 Å². The summed E-state index contributed by atoms with van der Waals surface area (Å²) in [5.41, 5.74) is 3.65. The van der Waals surface area contributed by atoms with Crippen molar-refractivity contribution in [3.63, 3.8) is 0 Å². The first-order valence-corrected chi connectivity index (χ1v) is 8.02. The predicted octanol–water partition coefficient (Wildman–Crippen LogP) is 3.49. The van der Waals surface area contributed by atoms with Crippen LogP contribution < -0.4 is 5.32 Å². The van der Waals surface area contributed by atoms with Gasteiger partial charge in [0.25, 0.3) is 5.91 Å². The minimum Gasteiger partial charge on any atom is -0.372 e. The second-order valence-electron chi connectivity index (χ2n) is 5.17. The topological polar surface area (TPSA) is 64.1 Å². The van der Waals surface area contributed by atoms with Gasteiger partial charge in [-0.25, -0.2) is 0 Å². The van der Waals surface area contributed by atoms with E-state index in [0.717, 1.165) is 21.7 Å². The number of carbonyl (C=O) groups is 1. The van der Waals surface area contributed by atoms with Gasteiger partial charge in [-0.1, -0.05) is 53.8 Å². The van der Waals surface area contributed by atoms with E-state index >= 15 is 0 Å². The fourth-order valence-corrected chi connectivity index (χ4v) is 3.30. The quantitative estimate of drug-likeness (QED) is 0.801. The molecule has 1 aliphatic rings. The molecule has 4 rings (SSSR count). The fraction of sp³-hybridized carbons (Fsp3) is 0.118. The maximum absolute atomic E-state index is 12.5. The third kappa shape index (κ3) is 2.74. The van der Waals surface area contributed by atoms with E-state index in [1.807, 2.05) is 48.5 Å². The van der Waals surface area contributed by atoms with Gasteiger partial charge in [0.1, 0.15) is 5.01 Å². The van der Waals surface area contributed by atoms with Gasteiger partial charge in [-0.3, -0.25) is 10.1 Å². The van der Waals surface area contributed by atoms with Crippen LogP contribution in [-0.2, 0) is 18.0 Å². The van der Waals surface area contributed by atoms with Gasteiger partial charge in [0.2, 0.25) is 5.13 Å². The normalized spacial score (nSPS) is 12.9. The minimum absolute atomic E-state index is 0.178. The zero-order valence-electron chi connectivity index (χ0n) is 12.2. The molecule has 1 N–H and O–H groups in total. The third-order valence-electron chi connectivity index (χ3n) is 3.69. The van der Waals surface area contributed by atoms with Gasteiger partial charge >= 0.3 is 0 Å². The van der Waals surface area contributed by atoms with Gasteiger partial charge in [0.05, 0.1) is 13.2 Å². The molecule has 3 aromatic rings. The molecule has 6 heteroatoms. The second-order valence-corrected chi connectivity index (χ2v) is 6.15. The van der Waals surface area contributed by atoms with Gasteiger partial charge in [-0.05, 0) is 17.2 Å². The standard InChI is InChI=1S/C17H13N3O2S/c21-15(13-8-4-7-12-9-22-10-14(12)13)18-17-20-19-16(23-17)11-5-2-1-3-6-11/h1-8H,9-10H2,(H,18,20,21). The van der Waals surface area contributed by atoms with E-state index < -0.39 is 0 Å². The summed E-state index contributed by atoms with van der Waals surface area (Å²) < 4.78 is 5.41. The van der Waals surface area contributed by atoms with Crippen molar-refractivity contribution in [2.45, 2.75) is 13.2 Å². The zero-order valence-corrected chi connectivity index (χ0v) is 13.0. The summed E-state index contributed by atoms with van der Waals surface area (Å²) in [6.45, 7) is 1.04. The fourth-order valence-electron chi connectivity index (χ4n) is 2.55. The average molecular weight is 323 g/mol. The largest absolute Gasteiger partial charge is 0.372 e. The summed E-state index contributed by atoms with van der Waals surface area (Å²) in [5, 5.41) is 12.3. The number of ether oxygens (including phenoxy) is 1. The van der Waals surface area contributed by atoms with Crippen LogP contribution in [0.2, 0.25) is 0 Å². The first-order valence-electron chi connectivity index (χ1n) is 7.20. The lowest BCUT2D eigenvalue weighted by Gasteiger charge is -2.05. The zero-order chi connectivity index (χ0) is 15.6. The Bertz CT molecular complexity index is 861. The van der Waals surface area contributed by atoms with Crippen molar-refractivity contribution >= 4 is 22.4 Å². The molecule has 1 aliphatic heterocycles. The van der Waals surface area contributed by atoms with Crippen molar-refractivity contribution in [1.29, 1.82) is 0 Å². The Morgan fingerprint density at radius 2 is 1.91 bits per heavy atom. The summed E-state index contributed by atoms with van der Waals surface area (Å²) in [6, 6.07) is 15.4. The molecule has 23 heavy (non-hydrogen) atoms. The van der Waals surface area contributed by atoms with Crippen molar-refractivity contribution < 1.29 is 9.53 Å². The highest BCUT2D eigenvalue weighted by molar-refractivity contribution is 7.18. The molecule has 0 fully saturated rings. The molecule has 0 aliphatic carbocycles. The molecule has 0 atom stereocenters. The van der Waals surface area contributed by atoms with Crippen LogP contribution in [0.5, 0.6) is 0 Å². The third-order valence-corrected chi connectivity index (χ3v) is 4.58. The number of carbonyl (C=O) groups excluding carboxylic acids is 1. The minimum atomic E-state index is -0.178. The van der Waals surface area contributed by atoms with E-state index in [-0.39, 0.29) is 5.91 Å². The summed E-state index contributed by atoms with van der Waals surface area (Å²) in [6.07, 6.45) is 0. The lowest BCUT2D eigenvalue weighted by molar-refractivity contribution is 0.102. The molecule has 1 amide bonds. The summed E-state index contributed by atoms with van der Waals surface area (Å²) in [4.78, 5) is 12.5. The number of fused-ring (bicyclic) bond motifs is 1. The first-order chi connectivity index (χ1) is 11.3. The Labute approximate surface area is 137 Å². The Kier molecular flexibility index (Phi) is 3.61. The van der Waals surface area contributed by atoms with Crippen molar-refractivity contribution in [3.05, 3.63) is 65.2 Å². The predicted molar refractivity (Wildman–Crippen MR) is 88.2 cm³/mol. The number of rotatable bonds is 3. The Morgan fingerprint density at radius 1 is 1.04 bits per heavy atom. The summed E-state index contributed by atoms with van der Waals surface area (Å²) >= 11 is 1.36. The molecular weight excluding hydrogens is 310 g/mol. The Hall–Kier alpha value is -2.57. The van der Waals surface area contributed by atoms with Gasteiger partial charge in [-0.15, -0.1) is 10.2 Å². The highest BCUT2D eigenvalue weighted by Crippen LogP contribution is 2.28. The van der Waals surface area contributed by atoms with Crippen LogP contribution in [0, 0.1) is 0 Å². The maximum atomic E-state index is 12.5. The van der Waals surface area contributed by atoms with Gasteiger partial charge in [0.15, 0.2) is 0 Å². The monoisotopic (exact) mass is 323 g/mol. The molecule has 2 heterocycles. The van der Waals surface area contributed by atoms with Gasteiger partial charge < -0.3 is 4.74 Å². The van der Waals surface area contributed by atoms with Crippen LogP contribution in [0.1, 0.15) is 21.5 Å². The van der Waals surface area contributed by atoms with E-state index in [1.165, 1.54) is 11.3 Å².